The van der Waals surface area contributed by atoms with Crippen molar-refractivity contribution in [2.24, 2.45) is 0 Å². The van der Waals surface area contributed by atoms with Gasteiger partial charge in [-0.25, -0.2) is 22.5 Å². The Kier molecular flexibility index (Phi) is 8.83. The molecule has 0 saturated carbocycles. The van der Waals surface area contributed by atoms with Crippen molar-refractivity contribution in [3.05, 3.63) is 82.4 Å². The smallest absolute Gasteiger partial charge is 0.421 e. The number of carbonyl (C=O) groups is 1. The number of carboxylic acid groups (broad SMARTS) is 1. The normalized spacial score (nSPS) is 11.8. The van der Waals surface area contributed by atoms with Crippen LogP contribution < -0.4 is 0 Å². The number of aryl methyl sites for hydroxylation is 2. The van der Waals surface area contributed by atoms with Crippen LogP contribution in [0.5, 0.6) is 0 Å². The van der Waals surface area contributed by atoms with E-state index in [-0.39, 0.29) is 35.8 Å². The average molecular weight is 603 g/mol. The van der Waals surface area contributed by atoms with Crippen LogP contribution in [0.3, 0.4) is 0 Å². The lowest BCUT2D eigenvalue weighted by molar-refractivity contribution is -0.137. The molecule has 1 amide bonds. The highest BCUT2D eigenvalue weighted by molar-refractivity contribution is 7.89. The summed E-state index contributed by atoms with van der Waals surface area (Å²) >= 11 is 5.95. The molecular weight excluding hydrogens is 580 g/mol. The molecule has 0 unspecified atom stereocenters. The van der Waals surface area contributed by atoms with Gasteiger partial charge in [-0.2, -0.15) is 13.2 Å². The van der Waals surface area contributed by atoms with Crippen molar-refractivity contribution in [3.63, 3.8) is 0 Å². The molecule has 8 nitrogen and oxygen atoms in total. The van der Waals surface area contributed by atoms with Gasteiger partial charge in [-0.3, -0.25) is 9.55 Å². The van der Waals surface area contributed by atoms with Gasteiger partial charge in [0.15, 0.2) is 0 Å². The largest absolute Gasteiger partial charge is 0.464 e. The zero-order valence-corrected chi connectivity index (χ0v) is 23.0. The number of aromatic nitrogens is 3. The second kappa shape index (κ2) is 11.4. The molecule has 2 heterocycles. The number of benzene rings is 2. The summed E-state index contributed by atoms with van der Waals surface area (Å²) in [7, 11) is -4.31. The van der Waals surface area contributed by atoms with Crippen LogP contribution in [0.4, 0.5) is 18.0 Å². The molecule has 2 aromatic heterocycles. The predicted octanol–water partition coefficient (Wildman–Crippen LogP) is 6.30. The number of amides is 1. The van der Waals surface area contributed by atoms with Crippen molar-refractivity contribution >= 4 is 51.2 Å². The molecule has 0 aliphatic carbocycles. The fourth-order valence-electron chi connectivity index (χ4n) is 4.01. The average Bonchev–Trinajstić information content (AvgIpc) is 3.20. The fraction of sp³-hybridized carbons (Fsp3) is 0.240. The van der Waals surface area contributed by atoms with Crippen molar-refractivity contribution in [2.45, 2.75) is 37.8 Å². The van der Waals surface area contributed by atoms with Crippen LogP contribution in [-0.4, -0.2) is 45.0 Å². The Bertz CT molecular complexity index is 1630. The molecule has 2 aromatic carbocycles. The van der Waals surface area contributed by atoms with Gasteiger partial charge in [0.05, 0.1) is 38.4 Å². The lowest BCUT2D eigenvalue weighted by atomic mass is 10.1. The van der Waals surface area contributed by atoms with Crippen LogP contribution in [0.15, 0.2) is 59.8 Å². The third kappa shape index (κ3) is 6.13. The number of alkyl halides is 3. The van der Waals surface area contributed by atoms with Crippen LogP contribution in [0.2, 0.25) is 5.02 Å². The number of pyridine rings is 1. The van der Waals surface area contributed by atoms with E-state index < -0.39 is 32.9 Å². The minimum absolute atomic E-state index is 0. The van der Waals surface area contributed by atoms with E-state index in [1.165, 1.54) is 30.6 Å². The second-order valence-electron chi connectivity index (χ2n) is 8.51. The summed E-state index contributed by atoms with van der Waals surface area (Å²) < 4.78 is 67.9. The highest BCUT2D eigenvalue weighted by atomic mass is 35.5. The SMILES string of the molecule is CCc1nc2cc(C(F)(F)F)c(Cl)cc2n1-c1cncc(CCN(C(=O)O)S(=O)(=O)c2ccc(C)cc2)c1.Cl. The Labute approximate surface area is 233 Å². The van der Waals surface area contributed by atoms with Crippen LogP contribution in [0, 0.1) is 6.92 Å². The molecule has 0 radical (unpaired) electrons. The van der Waals surface area contributed by atoms with Gasteiger partial charge < -0.3 is 5.11 Å². The molecule has 4 rings (SSSR count). The lowest BCUT2D eigenvalue weighted by Gasteiger charge is -2.19. The monoisotopic (exact) mass is 602 g/mol. The molecule has 0 spiro atoms. The van der Waals surface area contributed by atoms with Crippen molar-refractivity contribution in [1.82, 2.24) is 18.8 Å². The summed E-state index contributed by atoms with van der Waals surface area (Å²) in [4.78, 5) is 20.2. The molecular formula is C25H23Cl2F3N4O4S. The number of halogens is 5. The first kappa shape index (κ1) is 30.2. The molecule has 0 saturated heterocycles. The van der Waals surface area contributed by atoms with Gasteiger partial charge in [0.1, 0.15) is 5.82 Å². The summed E-state index contributed by atoms with van der Waals surface area (Å²) in [6.45, 7) is 3.20. The summed E-state index contributed by atoms with van der Waals surface area (Å²) in [5.74, 6) is 0.462. The third-order valence-electron chi connectivity index (χ3n) is 5.90. The van der Waals surface area contributed by atoms with Crippen molar-refractivity contribution in [1.29, 1.82) is 0 Å². The standard InChI is InChI=1S/C25H22ClF3N4O4S.ClH/c1-3-23-31-21-11-19(25(27,28)29)20(26)12-22(21)33(23)17-10-16(13-30-14-17)8-9-32(24(34)35)38(36,37)18-6-4-15(2)5-7-18;/h4-7,10-14H,3,8-9H2,1-2H3,(H,34,35);1H. The molecule has 0 aliphatic rings. The maximum atomic E-state index is 13.3. The Morgan fingerprint density at radius 2 is 1.79 bits per heavy atom. The number of hydrogen-bond donors (Lipinski definition) is 1. The van der Waals surface area contributed by atoms with E-state index >= 15 is 0 Å². The molecule has 0 atom stereocenters. The van der Waals surface area contributed by atoms with Crippen molar-refractivity contribution in [2.75, 3.05) is 6.54 Å². The molecule has 39 heavy (non-hydrogen) atoms. The van der Waals surface area contributed by atoms with Crippen molar-refractivity contribution < 1.29 is 31.5 Å². The van der Waals surface area contributed by atoms with Gasteiger partial charge in [0, 0.05) is 19.2 Å². The van der Waals surface area contributed by atoms with E-state index in [0.29, 0.717) is 33.3 Å². The number of nitrogens with zero attached hydrogens (tertiary/aromatic N) is 4. The maximum absolute atomic E-state index is 13.3. The van der Waals surface area contributed by atoms with Crippen LogP contribution >= 0.6 is 24.0 Å². The Balaban J connectivity index is 0.00000420. The molecule has 0 aliphatic heterocycles. The van der Waals surface area contributed by atoms with E-state index in [0.717, 1.165) is 11.6 Å². The zero-order valence-electron chi connectivity index (χ0n) is 20.6. The first-order valence-corrected chi connectivity index (χ1v) is 13.2. The van der Waals surface area contributed by atoms with Crippen LogP contribution in [0.1, 0.15) is 29.4 Å². The predicted molar refractivity (Wildman–Crippen MR) is 142 cm³/mol. The van der Waals surface area contributed by atoms with Gasteiger partial charge in [-0.15, -0.1) is 12.4 Å². The highest BCUT2D eigenvalue weighted by Crippen LogP contribution is 2.37. The molecule has 14 heteroatoms. The number of fused-ring (bicyclic) bond motifs is 1. The number of hydrogen-bond acceptors (Lipinski definition) is 5. The second-order valence-corrected chi connectivity index (χ2v) is 10.8. The van der Waals surface area contributed by atoms with Crippen molar-refractivity contribution in [3.8, 4) is 5.69 Å². The third-order valence-corrected chi connectivity index (χ3v) is 8.00. The molecule has 208 valence electrons. The van der Waals surface area contributed by atoms with Gasteiger partial charge in [-0.1, -0.05) is 36.2 Å². The summed E-state index contributed by atoms with van der Waals surface area (Å²) in [6.07, 6.45) is -2.93. The minimum atomic E-state index is -4.64. The van der Waals surface area contributed by atoms with Gasteiger partial charge in [0.25, 0.3) is 10.0 Å². The van der Waals surface area contributed by atoms with Gasteiger partial charge in [-0.05, 0) is 49.2 Å². The van der Waals surface area contributed by atoms with E-state index in [1.54, 1.807) is 36.6 Å². The number of imidazole rings is 1. The van der Waals surface area contributed by atoms with E-state index in [9.17, 15) is 31.5 Å². The summed E-state index contributed by atoms with van der Waals surface area (Å²) in [5.41, 5.74) is 1.24. The topological polar surface area (TPSA) is 105 Å². The minimum Gasteiger partial charge on any atom is -0.464 e. The number of sulfonamides is 1. The maximum Gasteiger partial charge on any atom is 0.421 e. The fourth-order valence-corrected chi connectivity index (χ4v) is 5.55. The van der Waals surface area contributed by atoms with E-state index in [2.05, 4.69) is 9.97 Å². The van der Waals surface area contributed by atoms with Gasteiger partial charge >= 0.3 is 12.3 Å². The molecule has 0 bridgehead atoms. The lowest BCUT2D eigenvalue weighted by Crippen LogP contribution is -2.37. The summed E-state index contributed by atoms with van der Waals surface area (Å²) in [6, 6.07) is 9.57. The Hall–Kier alpha value is -3.35. The van der Waals surface area contributed by atoms with E-state index in [4.69, 9.17) is 11.6 Å². The number of rotatable bonds is 7. The van der Waals surface area contributed by atoms with Crippen LogP contribution in [0.25, 0.3) is 16.7 Å². The summed E-state index contributed by atoms with van der Waals surface area (Å²) in [5, 5.41) is 9.15. The Morgan fingerprint density at radius 1 is 1.13 bits per heavy atom. The molecule has 0 fully saturated rings. The quantitative estimate of drug-likeness (QED) is 0.266. The van der Waals surface area contributed by atoms with Crippen LogP contribution in [-0.2, 0) is 29.0 Å². The molecule has 4 aromatic rings. The molecule has 1 N–H and O–H groups in total. The van der Waals surface area contributed by atoms with Gasteiger partial charge in [0.2, 0.25) is 0 Å². The first-order valence-electron chi connectivity index (χ1n) is 11.4. The first-order chi connectivity index (χ1) is 17.8. The Morgan fingerprint density at radius 3 is 2.38 bits per heavy atom. The zero-order chi connectivity index (χ0) is 27.8. The van der Waals surface area contributed by atoms with E-state index in [1.807, 2.05) is 0 Å². The highest BCUT2D eigenvalue weighted by Gasteiger charge is 2.34.